The van der Waals surface area contributed by atoms with Crippen LogP contribution < -0.4 is 11.1 Å². The van der Waals surface area contributed by atoms with Gasteiger partial charge in [0.1, 0.15) is 0 Å². The van der Waals surface area contributed by atoms with Crippen LogP contribution in [0.2, 0.25) is 5.02 Å². The van der Waals surface area contributed by atoms with Gasteiger partial charge in [-0.15, -0.1) is 24.2 Å². The summed E-state index contributed by atoms with van der Waals surface area (Å²) in [6, 6.07) is 7.75. The van der Waals surface area contributed by atoms with Crippen molar-refractivity contribution in [1.29, 1.82) is 0 Å². The molecule has 5 nitrogen and oxygen atoms in total. The van der Waals surface area contributed by atoms with E-state index in [0.717, 1.165) is 36.5 Å². The predicted octanol–water partition coefficient (Wildman–Crippen LogP) is 3.09. The van der Waals surface area contributed by atoms with Crippen molar-refractivity contribution in [3.63, 3.8) is 0 Å². The highest BCUT2D eigenvalue weighted by Crippen LogP contribution is 2.23. The van der Waals surface area contributed by atoms with Crippen LogP contribution >= 0.6 is 35.8 Å². The van der Waals surface area contributed by atoms with Gasteiger partial charge in [-0.3, -0.25) is 9.59 Å². The summed E-state index contributed by atoms with van der Waals surface area (Å²) in [6.07, 6.45) is 3.90. The summed E-state index contributed by atoms with van der Waals surface area (Å²) in [5, 5.41) is 3.61. The largest absolute Gasteiger partial charge is 0.354 e. The molecule has 0 spiro atoms. The summed E-state index contributed by atoms with van der Waals surface area (Å²) in [7, 11) is 0. The van der Waals surface area contributed by atoms with Crippen molar-refractivity contribution in [2.75, 3.05) is 25.4 Å². The Morgan fingerprint density at radius 3 is 2.65 bits per heavy atom. The number of hydrogen-bond donors (Lipinski definition) is 2. The third kappa shape index (κ3) is 7.74. The van der Waals surface area contributed by atoms with Crippen LogP contribution in [0.5, 0.6) is 0 Å². The summed E-state index contributed by atoms with van der Waals surface area (Å²) >= 11 is 7.54. The van der Waals surface area contributed by atoms with Crippen molar-refractivity contribution < 1.29 is 9.59 Å². The Bertz CT molecular complexity index is 572. The molecule has 1 aliphatic rings. The lowest BCUT2D eigenvalue weighted by atomic mass is 10.0. The molecule has 2 amide bonds. The van der Waals surface area contributed by atoms with Crippen LogP contribution in [-0.4, -0.2) is 48.1 Å². The minimum absolute atomic E-state index is 0. The standard InChI is InChI=1S/C18H26ClN3O2S.ClH/c19-14-4-6-16(7-5-14)25-12-9-18(24)22-11-2-1-3-15(22)13-21-17(23)8-10-20;/h4-7,15H,1-3,8-13,20H2,(H,21,23);1H. The molecule has 3 N–H and O–H groups in total. The molecule has 146 valence electrons. The number of nitrogens with two attached hydrogens (primary N) is 1. The molecule has 1 fully saturated rings. The molecule has 1 atom stereocenters. The highest BCUT2D eigenvalue weighted by molar-refractivity contribution is 7.99. The van der Waals surface area contributed by atoms with Gasteiger partial charge in [0.2, 0.25) is 11.8 Å². The number of carbonyl (C=O) groups excluding carboxylic acids is 2. The number of carbonyl (C=O) groups is 2. The second-order valence-electron chi connectivity index (χ2n) is 6.13. The molecule has 0 bridgehead atoms. The number of amides is 2. The van der Waals surface area contributed by atoms with Gasteiger partial charge in [-0.05, 0) is 43.5 Å². The summed E-state index contributed by atoms with van der Waals surface area (Å²) < 4.78 is 0. The zero-order chi connectivity index (χ0) is 18.1. The van der Waals surface area contributed by atoms with E-state index in [4.69, 9.17) is 17.3 Å². The topological polar surface area (TPSA) is 75.4 Å². The van der Waals surface area contributed by atoms with Crippen LogP contribution in [0, 0.1) is 0 Å². The van der Waals surface area contributed by atoms with Gasteiger partial charge in [0.25, 0.3) is 0 Å². The van der Waals surface area contributed by atoms with E-state index in [9.17, 15) is 9.59 Å². The Morgan fingerprint density at radius 1 is 1.23 bits per heavy atom. The second kappa shape index (κ2) is 12.4. The van der Waals surface area contributed by atoms with Crippen LogP contribution in [0.1, 0.15) is 32.1 Å². The predicted molar refractivity (Wildman–Crippen MR) is 110 cm³/mol. The maximum Gasteiger partial charge on any atom is 0.223 e. The molecule has 0 saturated carbocycles. The maximum atomic E-state index is 12.6. The van der Waals surface area contributed by atoms with Crippen LogP contribution in [0.25, 0.3) is 0 Å². The summed E-state index contributed by atoms with van der Waals surface area (Å²) in [6.45, 7) is 1.65. The Balaban J connectivity index is 0.00000338. The average molecular weight is 420 g/mol. The van der Waals surface area contributed by atoms with Crippen molar-refractivity contribution in [3.05, 3.63) is 29.3 Å². The normalized spacial score (nSPS) is 16.7. The molecule has 26 heavy (non-hydrogen) atoms. The molecule has 1 heterocycles. The fraction of sp³-hybridized carbons (Fsp3) is 0.556. The Labute approximate surface area is 170 Å². The van der Waals surface area contributed by atoms with E-state index in [1.165, 1.54) is 0 Å². The minimum atomic E-state index is -0.0428. The van der Waals surface area contributed by atoms with Crippen molar-refractivity contribution in [2.45, 2.75) is 43.0 Å². The van der Waals surface area contributed by atoms with Gasteiger partial charge < -0.3 is 16.0 Å². The first-order valence-corrected chi connectivity index (χ1v) is 10.1. The van der Waals surface area contributed by atoms with Crippen molar-refractivity contribution >= 4 is 47.6 Å². The molecule has 0 radical (unpaired) electrons. The van der Waals surface area contributed by atoms with Gasteiger partial charge in [0, 0.05) is 54.2 Å². The summed E-state index contributed by atoms with van der Waals surface area (Å²) in [4.78, 5) is 27.2. The Morgan fingerprint density at radius 2 is 1.96 bits per heavy atom. The third-order valence-electron chi connectivity index (χ3n) is 4.25. The quantitative estimate of drug-likeness (QED) is 0.634. The SMILES string of the molecule is Cl.NCCC(=O)NCC1CCCCN1C(=O)CCSc1ccc(Cl)cc1. The van der Waals surface area contributed by atoms with Gasteiger partial charge in [0.05, 0.1) is 0 Å². The Hall–Kier alpha value is -0.950. The fourth-order valence-corrected chi connectivity index (χ4v) is 3.89. The Kier molecular flexibility index (Phi) is 11.0. The van der Waals surface area contributed by atoms with Gasteiger partial charge in [0.15, 0.2) is 0 Å². The number of halogens is 2. The lowest BCUT2D eigenvalue weighted by Gasteiger charge is -2.36. The molecule has 1 aromatic carbocycles. The van der Waals surface area contributed by atoms with Crippen molar-refractivity contribution in [3.8, 4) is 0 Å². The number of thioether (sulfide) groups is 1. The lowest BCUT2D eigenvalue weighted by Crippen LogP contribution is -2.49. The number of benzene rings is 1. The van der Waals surface area contributed by atoms with Gasteiger partial charge >= 0.3 is 0 Å². The number of nitrogens with zero attached hydrogens (tertiary/aromatic N) is 1. The second-order valence-corrected chi connectivity index (χ2v) is 7.74. The number of hydrogen-bond acceptors (Lipinski definition) is 4. The monoisotopic (exact) mass is 419 g/mol. The third-order valence-corrected chi connectivity index (χ3v) is 5.52. The van der Waals surface area contributed by atoms with Gasteiger partial charge in [-0.2, -0.15) is 0 Å². The van der Waals surface area contributed by atoms with Gasteiger partial charge in [-0.1, -0.05) is 11.6 Å². The molecular weight excluding hydrogens is 393 g/mol. The van der Waals surface area contributed by atoms with E-state index in [1.807, 2.05) is 29.2 Å². The smallest absolute Gasteiger partial charge is 0.223 e. The molecule has 1 unspecified atom stereocenters. The molecular formula is C18H27Cl2N3O2S. The average Bonchev–Trinajstić information content (AvgIpc) is 2.62. The zero-order valence-corrected chi connectivity index (χ0v) is 17.2. The number of rotatable bonds is 8. The first-order valence-electron chi connectivity index (χ1n) is 8.74. The van der Waals surface area contributed by atoms with Gasteiger partial charge in [-0.25, -0.2) is 0 Å². The van der Waals surface area contributed by atoms with E-state index in [1.54, 1.807) is 11.8 Å². The number of piperidine rings is 1. The molecule has 2 rings (SSSR count). The molecule has 0 aromatic heterocycles. The van der Waals surface area contributed by atoms with E-state index >= 15 is 0 Å². The first-order chi connectivity index (χ1) is 12.1. The molecule has 8 heteroatoms. The molecule has 0 aliphatic carbocycles. The first kappa shape index (κ1) is 23.1. The van der Waals surface area contributed by atoms with Crippen LogP contribution in [0.3, 0.4) is 0 Å². The highest BCUT2D eigenvalue weighted by atomic mass is 35.5. The van der Waals surface area contributed by atoms with Crippen LogP contribution in [0.4, 0.5) is 0 Å². The van der Waals surface area contributed by atoms with Crippen LogP contribution in [-0.2, 0) is 9.59 Å². The maximum absolute atomic E-state index is 12.6. The van der Waals surface area contributed by atoms with E-state index in [2.05, 4.69) is 5.32 Å². The minimum Gasteiger partial charge on any atom is -0.354 e. The zero-order valence-electron chi connectivity index (χ0n) is 14.8. The van der Waals surface area contributed by atoms with E-state index in [-0.39, 0.29) is 30.3 Å². The number of nitrogens with one attached hydrogen (secondary N) is 1. The highest BCUT2D eigenvalue weighted by Gasteiger charge is 2.26. The molecule has 1 saturated heterocycles. The van der Waals surface area contributed by atoms with Crippen molar-refractivity contribution in [2.24, 2.45) is 5.73 Å². The van der Waals surface area contributed by atoms with E-state index < -0.39 is 0 Å². The molecule has 1 aromatic rings. The molecule has 1 aliphatic heterocycles. The van der Waals surface area contributed by atoms with Crippen molar-refractivity contribution in [1.82, 2.24) is 10.2 Å². The summed E-state index contributed by atoms with van der Waals surface area (Å²) in [5.74, 6) is 0.862. The lowest BCUT2D eigenvalue weighted by molar-refractivity contribution is -0.135. The fourth-order valence-electron chi connectivity index (χ4n) is 2.92. The van der Waals surface area contributed by atoms with E-state index in [0.29, 0.717) is 31.0 Å². The number of likely N-dealkylation sites (tertiary alicyclic amines) is 1. The van der Waals surface area contributed by atoms with Crippen LogP contribution in [0.15, 0.2) is 29.2 Å². The summed E-state index contributed by atoms with van der Waals surface area (Å²) in [5.41, 5.74) is 5.39.